The lowest BCUT2D eigenvalue weighted by molar-refractivity contribution is 0.0997. The van der Waals surface area contributed by atoms with Gasteiger partial charge in [-0.15, -0.1) is 0 Å². The standard InChI is InChI=1S/C14H25N3/c1-11(2)17(12(3)4)13(5)16-10-14-7-6-8-15-9-14/h6-9,11-13,16H,10H2,1-5H3. The fourth-order valence-corrected chi connectivity index (χ4v) is 2.36. The van der Waals surface area contributed by atoms with Gasteiger partial charge in [-0.2, -0.15) is 0 Å². The summed E-state index contributed by atoms with van der Waals surface area (Å²) in [5.41, 5.74) is 1.23. The molecule has 0 amide bonds. The first-order chi connectivity index (χ1) is 8.02. The van der Waals surface area contributed by atoms with E-state index < -0.39 is 0 Å². The summed E-state index contributed by atoms with van der Waals surface area (Å²) < 4.78 is 0. The highest BCUT2D eigenvalue weighted by Gasteiger charge is 2.19. The highest BCUT2D eigenvalue weighted by atomic mass is 15.3. The Hall–Kier alpha value is -0.930. The second-order valence-electron chi connectivity index (χ2n) is 5.05. The number of nitrogens with zero attached hydrogens (tertiary/aromatic N) is 2. The lowest BCUT2D eigenvalue weighted by atomic mass is 10.2. The minimum absolute atomic E-state index is 0.371. The van der Waals surface area contributed by atoms with Crippen LogP contribution in [0.1, 0.15) is 40.2 Å². The summed E-state index contributed by atoms with van der Waals surface area (Å²) in [4.78, 5) is 6.59. The first-order valence-corrected chi connectivity index (χ1v) is 6.42. The molecular formula is C14H25N3. The smallest absolute Gasteiger partial charge is 0.0575 e. The van der Waals surface area contributed by atoms with Crippen LogP contribution in [0.2, 0.25) is 0 Å². The molecule has 0 radical (unpaired) electrons. The van der Waals surface area contributed by atoms with E-state index in [1.165, 1.54) is 5.56 Å². The fraction of sp³-hybridized carbons (Fsp3) is 0.643. The van der Waals surface area contributed by atoms with Crippen LogP contribution in [0.15, 0.2) is 24.5 Å². The van der Waals surface area contributed by atoms with Crippen molar-refractivity contribution in [1.29, 1.82) is 0 Å². The highest BCUT2D eigenvalue weighted by molar-refractivity contribution is 5.07. The number of hydrogen-bond donors (Lipinski definition) is 1. The van der Waals surface area contributed by atoms with Crippen LogP contribution in [0.4, 0.5) is 0 Å². The van der Waals surface area contributed by atoms with Crippen molar-refractivity contribution in [3.8, 4) is 0 Å². The van der Waals surface area contributed by atoms with E-state index in [1.54, 1.807) is 0 Å². The minimum Gasteiger partial charge on any atom is -0.298 e. The van der Waals surface area contributed by atoms with Gasteiger partial charge in [0.2, 0.25) is 0 Å². The van der Waals surface area contributed by atoms with Gasteiger partial charge in [-0.05, 0) is 46.2 Å². The third-order valence-electron chi connectivity index (χ3n) is 2.96. The minimum atomic E-state index is 0.371. The Morgan fingerprint density at radius 2 is 1.82 bits per heavy atom. The van der Waals surface area contributed by atoms with E-state index in [-0.39, 0.29) is 0 Å². The van der Waals surface area contributed by atoms with Crippen molar-refractivity contribution >= 4 is 0 Å². The molecule has 1 atom stereocenters. The van der Waals surface area contributed by atoms with Crippen molar-refractivity contribution in [1.82, 2.24) is 15.2 Å². The predicted molar refractivity (Wildman–Crippen MR) is 72.6 cm³/mol. The molecule has 0 aromatic carbocycles. The molecule has 1 rings (SSSR count). The Balaban J connectivity index is 2.50. The number of rotatable bonds is 6. The van der Waals surface area contributed by atoms with E-state index in [0.29, 0.717) is 18.2 Å². The highest BCUT2D eigenvalue weighted by Crippen LogP contribution is 2.09. The fourth-order valence-electron chi connectivity index (χ4n) is 2.36. The number of hydrogen-bond acceptors (Lipinski definition) is 3. The van der Waals surface area contributed by atoms with Gasteiger partial charge in [0.15, 0.2) is 0 Å². The van der Waals surface area contributed by atoms with Crippen LogP contribution in [-0.4, -0.2) is 28.1 Å². The van der Waals surface area contributed by atoms with Gasteiger partial charge < -0.3 is 0 Å². The molecule has 1 heterocycles. The Morgan fingerprint density at radius 1 is 1.18 bits per heavy atom. The van der Waals surface area contributed by atoms with Gasteiger partial charge in [0, 0.05) is 31.0 Å². The average molecular weight is 235 g/mol. The quantitative estimate of drug-likeness (QED) is 0.768. The topological polar surface area (TPSA) is 28.2 Å². The molecule has 0 aliphatic carbocycles. The predicted octanol–water partition coefficient (Wildman–Crippen LogP) is 2.64. The lowest BCUT2D eigenvalue weighted by Crippen LogP contribution is -2.50. The molecule has 3 nitrogen and oxygen atoms in total. The van der Waals surface area contributed by atoms with Gasteiger partial charge in [-0.25, -0.2) is 0 Å². The zero-order valence-electron chi connectivity index (χ0n) is 11.6. The van der Waals surface area contributed by atoms with Crippen LogP contribution in [0.3, 0.4) is 0 Å². The molecule has 1 aromatic heterocycles. The monoisotopic (exact) mass is 235 g/mol. The van der Waals surface area contributed by atoms with Crippen LogP contribution in [0.25, 0.3) is 0 Å². The molecule has 96 valence electrons. The van der Waals surface area contributed by atoms with E-state index in [2.05, 4.69) is 55.9 Å². The van der Waals surface area contributed by atoms with Crippen LogP contribution in [-0.2, 0) is 6.54 Å². The summed E-state index contributed by atoms with van der Waals surface area (Å²) in [6, 6.07) is 5.17. The van der Waals surface area contributed by atoms with Crippen molar-refractivity contribution in [2.75, 3.05) is 0 Å². The van der Waals surface area contributed by atoms with Crippen molar-refractivity contribution in [3.63, 3.8) is 0 Å². The maximum absolute atomic E-state index is 4.12. The van der Waals surface area contributed by atoms with E-state index in [1.807, 2.05) is 18.5 Å². The van der Waals surface area contributed by atoms with Crippen molar-refractivity contribution in [2.45, 2.75) is 59.4 Å². The van der Waals surface area contributed by atoms with Gasteiger partial charge in [0.25, 0.3) is 0 Å². The lowest BCUT2D eigenvalue weighted by Gasteiger charge is -2.36. The molecule has 17 heavy (non-hydrogen) atoms. The number of pyridine rings is 1. The summed E-state index contributed by atoms with van der Waals surface area (Å²) >= 11 is 0. The Bertz CT molecular complexity index is 301. The molecule has 0 aliphatic rings. The van der Waals surface area contributed by atoms with Gasteiger partial charge in [-0.1, -0.05) is 6.07 Å². The zero-order valence-corrected chi connectivity index (χ0v) is 11.6. The first kappa shape index (κ1) is 14.1. The van der Waals surface area contributed by atoms with Crippen LogP contribution in [0, 0.1) is 0 Å². The molecule has 0 fully saturated rings. The normalized spacial score (nSPS) is 13.6. The molecule has 1 N–H and O–H groups in total. The Kier molecular flexibility index (Phi) is 5.59. The summed E-state index contributed by atoms with van der Waals surface area (Å²) in [6.07, 6.45) is 4.09. The molecule has 0 saturated heterocycles. The van der Waals surface area contributed by atoms with Gasteiger partial charge >= 0.3 is 0 Å². The SMILES string of the molecule is CC(C)N(C(C)C)C(C)NCc1cccnc1. The largest absolute Gasteiger partial charge is 0.298 e. The summed E-state index contributed by atoms with van der Waals surface area (Å²) in [5.74, 6) is 0. The van der Waals surface area contributed by atoms with Gasteiger partial charge in [0.05, 0.1) is 6.17 Å². The molecule has 1 aromatic rings. The van der Waals surface area contributed by atoms with Crippen molar-refractivity contribution < 1.29 is 0 Å². The molecule has 0 bridgehead atoms. The van der Waals surface area contributed by atoms with Gasteiger partial charge in [0.1, 0.15) is 0 Å². The first-order valence-electron chi connectivity index (χ1n) is 6.42. The van der Waals surface area contributed by atoms with Crippen molar-refractivity contribution in [3.05, 3.63) is 30.1 Å². The van der Waals surface area contributed by atoms with E-state index in [4.69, 9.17) is 0 Å². The maximum Gasteiger partial charge on any atom is 0.0575 e. The molecule has 1 unspecified atom stereocenters. The van der Waals surface area contributed by atoms with E-state index in [0.717, 1.165) is 6.54 Å². The molecule has 0 saturated carbocycles. The zero-order chi connectivity index (χ0) is 12.8. The van der Waals surface area contributed by atoms with E-state index >= 15 is 0 Å². The summed E-state index contributed by atoms with van der Waals surface area (Å²) in [6.45, 7) is 12.0. The number of nitrogens with one attached hydrogen (secondary N) is 1. The maximum atomic E-state index is 4.12. The van der Waals surface area contributed by atoms with E-state index in [9.17, 15) is 0 Å². The number of aromatic nitrogens is 1. The molecule has 0 spiro atoms. The average Bonchev–Trinajstić information content (AvgIpc) is 2.27. The molecule has 3 heteroatoms. The summed E-state index contributed by atoms with van der Waals surface area (Å²) in [5, 5.41) is 3.55. The Morgan fingerprint density at radius 3 is 2.29 bits per heavy atom. The Labute approximate surface area is 105 Å². The van der Waals surface area contributed by atoms with Crippen LogP contribution >= 0.6 is 0 Å². The summed E-state index contributed by atoms with van der Waals surface area (Å²) in [7, 11) is 0. The van der Waals surface area contributed by atoms with Crippen LogP contribution < -0.4 is 5.32 Å². The second-order valence-corrected chi connectivity index (χ2v) is 5.05. The molecule has 0 aliphatic heterocycles. The van der Waals surface area contributed by atoms with Crippen molar-refractivity contribution in [2.24, 2.45) is 0 Å². The second kappa shape index (κ2) is 6.72. The van der Waals surface area contributed by atoms with Gasteiger partial charge in [-0.3, -0.25) is 15.2 Å². The third-order valence-corrected chi connectivity index (χ3v) is 2.96. The molecular weight excluding hydrogens is 210 g/mol. The van der Waals surface area contributed by atoms with Crippen LogP contribution in [0.5, 0.6) is 0 Å². The third kappa shape index (κ3) is 4.44.